The molecule has 1 unspecified atom stereocenters. The maximum absolute atomic E-state index is 12.8. The molecule has 0 bridgehead atoms. The molecule has 1 aliphatic rings. The highest BCUT2D eigenvalue weighted by Gasteiger charge is 2.25. The van der Waals surface area contributed by atoms with E-state index in [4.69, 9.17) is 16.3 Å². The quantitative estimate of drug-likeness (QED) is 0.671. The van der Waals surface area contributed by atoms with E-state index in [1.54, 1.807) is 23.5 Å². The summed E-state index contributed by atoms with van der Waals surface area (Å²) in [5.41, 5.74) is 2.12. The highest BCUT2D eigenvalue weighted by molar-refractivity contribution is 7.10. The Hall–Kier alpha value is -2.64. The molecule has 28 heavy (non-hydrogen) atoms. The number of nitrogens with zero attached hydrogens (tertiary/aromatic N) is 3. The van der Waals surface area contributed by atoms with Crippen molar-refractivity contribution in [3.05, 3.63) is 63.4 Å². The van der Waals surface area contributed by atoms with E-state index in [0.717, 1.165) is 18.7 Å². The van der Waals surface area contributed by atoms with Gasteiger partial charge in [0.05, 0.1) is 0 Å². The Morgan fingerprint density at radius 1 is 1.21 bits per heavy atom. The van der Waals surface area contributed by atoms with Gasteiger partial charge in [-0.3, -0.25) is 4.79 Å². The van der Waals surface area contributed by atoms with E-state index >= 15 is 0 Å². The standard InChI is InChI=1S/C20H19ClN4O2S/c1-13(20(26)25-10-8-17-14(12-25)9-11-28-17)22-15-2-4-16(5-3-15)27-19-7-6-18(21)23-24-19/h2-7,9,11,13,22H,8,10,12H2,1H3. The summed E-state index contributed by atoms with van der Waals surface area (Å²) in [6.07, 6.45) is 0.936. The molecule has 3 aromatic rings. The second-order valence-electron chi connectivity index (χ2n) is 6.57. The van der Waals surface area contributed by atoms with Gasteiger partial charge in [0, 0.05) is 29.7 Å². The van der Waals surface area contributed by atoms with Gasteiger partial charge in [-0.15, -0.1) is 21.5 Å². The van der Waals surface area contributed by atoms with Gasteiger partial charge in [0.1, 0.15) is 11.8 Å². The van der Waals surface area contributed by atoms with Gasteiger partial charge in [0.25, 0.3) is 0 Å². The molecule has 3 heterocycles. The van der Waals surface area contributed by atoms with E-state index in [9.17, 15) is 4.79 Å². The van der Waals surface area contributed by atoms with Gasteiger partial charge in [0.15, 0.2) is 5.15 Å². The molecular weight excluding hydrogens is 396 g/mol. The lowest BCUT2D eigenvalue weighted by Gasteiger charge is -2.30. The summed E-state index contributed by atoms with van der Waals surface area (Å²) in [7, 11) is 0. The Bertz CT molecular complexity index is 959. The van der Waals surface area contributed by atoms with Crippen LogP contribution in [-0.2, 0) is 17.8 Å². The number of hydrogen-bond acceptors (Lipinski definition) is 6. The van der Waals surface area contributed by atoms with Crippen LogP contribution < -0.4 is 10.1 Å². The fourth-order valence-electron chi connectivity index (χ4n) is 3.12. The SMILES string of the molecule is CC(Nc1ccc(Oc2ccc(Cl)nn2)cc1)C(=O)N1CCc2sccc2C1. The maximum atomic E-state index is 12.8. The fourth-order valence-corrected chi connectivity index (χ4v) is 4.11. The number of anilines is 1. The summed E-state index contributed by atoms with van der Waals surface area (Å²) >= 11 is 7.49. The second-order valence-corrected chi connectivity index (χ2v) is 7.95. The normalized spacial score (nSPS) is 14.3. The number of benzene rings is 1. The lowest BCUT2D eigenvalue weighted by molar-refractivity contribution is -0.132. The lowest BCUT2D eigenvalue weighted by Crippen LogP contribution is -2.43. The van der Waals surface area contributed by atoms with Crippen LogP contribution in [0.5, 0.6) is 11.6 Å². The number of rotatable bonds is 5. The van der Waals surface area contributed by atoms with E-state index in [-0.39, 0.29) is 11.9 Å². The summed E-state index contributed by atoms with van der Waals surface area (Å²) in [4.78, 5) is 16.1. The molecule has 0 saturated carbocycles. The molecule has 1 N–H and O–H groups in total. The number of carbonyl (C=O) groups excluding carboxylic acids is 1. The molecule has 1 atom stereocenters. The van der Waals surface area contributed by atoms with Crippen molar-refractivity contribution in [1.82, 2.24) is 15.1 Å². The fraction of sp³-hybridized carbons (Fsp3) is 0.250. The zero-order valence-corrected chi connectivity index (χ0v) is 16.8. The number of hydrogen-bond donors (Lipinski definition) is 1. The van der Waals surface area contributed by atoms with Crippen LogP contribution in [0.25, 0.3) is 0 Å². The molecule has 0 fully saturated rings. The average Bonchev–Trinajstić information content (AvgIpc) is 3.18. The number of amides is 1. The van der Waals surface area contributed by atoms with Crippen molar-refractivity contribution in [1.29, 1.82) is 0 Å². The number of nitrogens with one attached hydrogen (secondary N) is 1. The molecule has 2 aromatic heterocycles. The maximum Gasteiger partial charge on any atom is 0.245 e. The predicted molar refractivity (Wildman–Crippen MR) is 110 cm³/mol. The van der Waals surface area contributed by atoms with Crippen LogP contribution >= 0.6 is 22.9 Å². The smallest absolute Gasteiger partial charge is 0.245 e. The number of thiophene rings is 1. The molecule has 1 aliphatic heterocycles. The topological polar surface area (TPSA) is 67.3 Å². The summed E-state index contributed by atoms with van der Waals surface area (Å²) in [5, 5.41) is 13.3. The van der Waals surface area contributed by atoms with E-state index in [0.29, 0.717) is 23.3 Å². The number of ether oxygens (including phenoxy) is 1. The van der Waals surface area contributed by atoms with Gasteiger partial charge in [-0.05, 0) is 60.7 Å². The molecule has 1 amide bonds. The minimum Gasteiger partial charge on any atom is -0.438 e. The molecule has 0 saturated heterocycles. The molecule has 6 nitrogen and oxygen atoms in total. The average molecular weight is 415 g/mol. The third-order valence-electron chi connectivity index (χ3n) is 4.56. The highest BCUT2D eigenvalue weighted by atomic mass is 35.5. The van der Waals surface area contributed by atoms with Crippen LogP contribution in [0.2, 0.25) is 5.15 Å². The first-order valence-corrected chi connectivity index (χ1v) is 10.2. The summed E-state index contributed by atoms with van der Waals surface area (Å²) in [5.74, 6) is 1.10. The van der Waals surface area contributed by atoms with Crippen molar-refractivity contribution >= 4 is 34.5 Å². The molecule has 0 spiro atoms. The van der Waals surface area contributed by atoms with E-state index in [1.165, 1.54) is 10.4 Å². The Morgan fingerprint density at radius 2 is 2.04 bits per heavy atom. The van der Waals surface area contributed by atoms with Crippen LogP contribution in [0, 0.1) is 0 Å². The van der Waals surface area contributed by atoms with E-state index in [2.05, 4.69) is 27.0 Å². The minimum absolute atomic E-state index is 0.105. The van der Waals surface area contributed by atoms with Gasteiger partial charge < -0.3 is 15.0 Å². The number of carbonyl (C=O) groups is 1. The Morgan fingerprint density at radius 3 is 2.79 bits per heavy atom. The third kappa shape index (κ3) is 4.26. The van der Waals surface area contributed by atoms with Gasteiger partial charge in [0.2, 0.25) is 11.8 Å². The Kier molecular flexibility index (Phi) is 5.45. The van der Waals surface area contributed by atoms with Crippen LogP contribution in [0.1, 0.15) is 17.4 Å². The van der Waals surface area contributed by atoms with Crippen molar-refractivity contribution in [2.24, 2.45) is 0 Å². The second kappa shape index (κ2) is 8.16. The predicted octanol–water partition coefficient (Wildman–Crippen LogP) is 4.37. The van der Waals surface area contributed by atoms with Gasteiger partial charge in [-0.25, -0.2) is 0 Å². The lowest BCUT2D eigenvalue weighted by atomic mass is 10.1. The van der Waals surface area contributed by atoms with Crippen molar-refractivity contribution < 1.29 is 9.53 Å². The van der Waals surface area contributed by atoms with Crippen molar-refractivity contribution in [2.45, 2.75) is 25.9 Å². The molecule has 8 heteroatoms. The molecule has 4 rings (SSSR count). The largest absolute Gasteiger partial charge is 0.438 e. The summed E-state index contributed by atoms with van der Waals surface area (Å²) in [6.45, 7) is 3.35. The first-order chi connectivity index (χ1) is 13.6. The number of aromatic nitrogens is 2. The molecule has 1 aromatic carbocycles. The van der Waals surface area contributed by atoms with Crippen LogP contribution in [0.15, 0.2) is 47.8 Å². The third-order valence-corrected chi connectivity index (χ3v) is 5.78. The van der Waals surface area contributed by atoms with Crippen molar-refractivity contribution in [3.63, 3.8) is 0 Å². The molecule has 144 valence electrons. The van der Waals surface area contributed by atoms with Crippen LogP contribution in [-0.4, -0.2) is 33.6 Å². The van der Waals surface area contributed by atoms with Gasteiger partial charge >= 0.3 is 0 Å². The molecule has 0 aliphatic carbocycles. The van der Waals surface area contributed by atoms with Gasteiger partial charge in [-0.2, -0.15) is 0 Å². The summed E-state index contributed by atoms with van der Waals surface area (Å²) < 4.78 is 5.63. The summed E-state index contributed by atoms with van der Waals surface area (Å²) in [6, 6.07) is 12.4. The van der Waals surface area contributed by atoms with E-state index in [1.807, 2.05) is 36.1 Å². The highest BCUT2D eigenvalue weighted by Crippen LogP contribution is 2.25. The first-order valence-electron chi connectivity index (χ1n) is 8.96. The zero-order valence-electron chi connectivity index (χ0n) is 15.3. The van der Waals surface area contributed by atoms with Crippen molar-refractivity contribution in [2.75, 3.05) is 11.9 Å². The Balaban J connectivity index is 1.34. The zero-order chi connectivity index (χ0) is 19.5. The number of halogens is 1. The molecular formula is C20H19ClN4O2S. The monoisotopic (exact) mass is 414 g/mol. The Labute approximate surface area is 172 Å². The van der Waals surface area contributed by atoms with Gasteiger partial charge in [-0.1, -0.05) is 11.6 Å². The van der Waals surface area contributed by atoms with E-state index < -0.39 is 0 Å². The minimum atomic E-state index is -0.311. The van der Waals surface area contributed by atoms with Crippen LogP contribution in [0.3, 0.4) is 0 Å². The van der Waals surface area contributed by atoms with Crippen LogP contribution in [0.4, 0.5) is 5.69 Å². The van der Waals surface area contributed by atoms with Crippen molar-refractivity contribution in [3.8, 4) is 11.6 Å². The number of fused-ring (bicyclic) bond motifs is 1. The first kappa shape index (κ1) is 18.7. The molecule has 0 radical (unpaired) electrons.